The van der Waals surface area contributed by atoms with Gasteiger partial charge in [0.05, 0.1) is 11.6 Å². The maximum atomic E-state index is 4.31. The number of hydrogen-bond acceptors (Lipinski definition) is 5. The van der Waals surface area contributed by atoms with Crippen molar-refractivity contribution in [2.75, 3.05) is 0 Å². The van der Waals surface area contributed by atoms with Gasteiger partial charge < -0.3 is 5.32 Å². The Morgan fingerprint density at radius 3 is 2.88 bits per heavy atom. The van der Waals surface area contributed by atoms with Crippen molar-refractivity contribution in [1.29, 1.82) is 0 Å². The van der Waals surface area contributed by atoms with Crippen LogP contribution in [0.1, 0.15) is 22.6 Å². The molecule has 0 radical (unpaired) electrons. The zero-order chi connectivity index (χ0) is 11.4. The number of nitrogens with zero attached hydrogens (tertiary/aromatic N) is 4. The average molecular weight is 237 g/mol. The maximum absolute atomic E-state index is 4.31. The van der Waals surface area contributed by atoms with Gasteiger partial charge in [0.1, 0.15) is 6.33 Å². The summed E-state index contributed by atoms with van der Waals surface area (Å²) in [5.74, 6) is 0.822. The van der Waals surface area contributed by atoms with Crippen LogP contribution in [0, 0.1) is 0 Å². The molecule has 0 spiro atoms. The second-order valence-electron chi connectivity index (χ2n) is 3.51. The lowest BCUT2D eigenvalue weighted by atomic mass is 10.5. The monoisotopic (exact) mass is 237 g/mol. The Labute approximate surface area is 98.5 Å². The Balaban J connectivity index is 1.79. The second-order valence-corrected chi connectivity index (χ2v) is 4.71. The van der Waals surface area contributed by atoms with Crippen molar-refractivity contribution in [2.45, 2.75) is 26.4 Å². The van der Waals surface area contributed by atoms with E-state index in [1.807, 2.05) is 13.2 Å². The molecule has 5 nitrogen and oxygen atoms in total. The van der Waals surface area contributed by atoms with Gasteiger partial charge in [0.2, 0.25) is 0 Å². The van der Waals surface area contributed by atoms with Crippen molar-refractivity contribution < 1.29 is 0 Å². The predicted octanol–water partition coefficient (Wildman–Crippen LogP) is 1.12. The number of thiazole rings is 1. The third kappa shape index (κ3) is 2.86. The van der Waals surface area contributed by atoms with Gasteiger partial charge in [-0.25, -0.2) is 9.97 Å². The lowest BCUT2D eigenvalue weighted by Crippen LogP contribution is -2.13. The Morgan fingerprint density at radius 2 is 2.25 bits per heavy atom. The van der Waals surface area contributed by atoms with Crippen LogP contribution in [0.4, 0.5) is 0 Å². The highest BCUT2D eigenvalue weighted by Gasteiger charge is 2.01. The van der Waals surface area contributed by atoms with E-state index in [0.717, 1.165) is 18.8 Å². The van der Waals surface area contributed by atoms with E-state index in [9.17, 15) is 0 Å². The van der Waals surface area contributed by atoms with E-state index < -0.39 is 0 Å². The van der Waals surface area contributed by atoms with Gasteiger partial charge in [0.15, 0.2) is 5.82 Å². The summed E-state index contributed by atoms with van der Waals surface area (Å²) in [5, 5.41) is 8.68. The zero-order valence-electron chi connectivity index (χ0n) is 9.47. The molecule has 0 aliphatic carbocycles. The van der Waals surface area contributed by atoms with Crippen LogP contribution in [-0.4, -0.2) is 19.7 Å². The highest BCUT2D eigenvalue weighted by atomic mass is 32.1. The van der Waals surface area contributed by atoms with Crippen LogP contribution in [0.2, 0.25) is 0 Å². The first-order valence-electron chi connectivity index (χ1n) is 5.26. The molecule has 0 saturated carbocycles. The molecule has 2 aromatic rings. The summed E-state index contributed by atoms with van der Waals surface area (Å²) in [6.07, 6.45) is 4.65. The fraction of sp³-hybridized carbons (Fsp3) is 0.500. The highest BCUT2D eigenvalue weighted by molar-refractivity contribution is 7.11. The first-order chi connectivity index (χ1) is 7.78. The van der Waals surface area contributed by atoms with Crippen molar-refractivity contribution in [3.63, 3.8) is 0 Å². The van der Waals surface area contributed by atoms with E-state index >= 15 is 0 Å². The van der Waals surface area contributed by atoms with Gasteiger partial charge in [0.25, 0.3) is 0 Å². The highest BCUT2D eigenvalue weighted by Crippen LogP contribution is 2.12. The van der Waals surface area contributed by atoms with Crippen LogP contribution in [0.15, 0.2) is 12.5 Å². The molecular weight excluding hydrogens is 222 g/mol. The molecule has 0 aliphatic heterocycles. The van der Waals surface area contributed by atoms with Crippen molar-refractivity contribution in [1.82, 2.24) is 25.1 Å². The molecule has 0 aliphatic rings. The summed E-state index contributed by atoms with van der Waals surface area (Å²) in [4.78, 5) is 9.71. The molecule has 0 saturated heterocycles. The molecule has 0 atom stereocenters. The molecule has 2 heterocycles. The summed E-state index contributed by atoms with van der Waals surface area (Å²) < 4.78 is 1.71. The fourth-order valence-electron chi connectivity index (χ4n) is 1.36. The van der Waals surface area contributed by atoms with E-state index in [4.69, 9.17) is 0 Å². The van der Waals surface area contributed by atoms with Crippen LogP contribution in [0.25, 0.3) is 0 Å². The average Bonchev–Trinajstić information content (AvgIpc) is 2.88. The van der Waals surface area contributed by atoms with Crippen LogP contribution < -0.4 is 5.32 Å². The molecule has 1 N–H and O–H groups in total. The van der Waals surface area contributed by atoms with Crippen molar-refractivity contribution in [3.8, 4) is 0 Å². The van der Waals surface area contributed by atoms with Crippen LogP contribution in [0.3, 0.4) is 0 Å². The number of nitrogens with one attached hydrogen (secondary N) is 1. The Bertz CT molecular complexity index is 448. The lowest BCUT2D eigenvalue weighted by molar-refractivity contribution is 0.653. The molecule has 2 rings (SSSR count). The van der Waals surface area contributed by atoms with E-state index in [1.165, 1.54) is 9.88 Å². The van der Waals surface area contributed by atoms with Gasteiger partial charge in [-0.15, -0.1) is 11.3 Å². The molecule has 0 bridgehead atoms. The maximum Gasteiger partial charge on any atom is 0.164 e. The molecule has 86 valence electrons. The van der Waals surface area contributed by atoms with Crippen molar-refractivity contribution >= 4 is 11.3 Å². The van der Waals surface area contributed by atoms with Gasteiger partial charge in [-0.3, -0.25) is 4.68 Å². The molecule has 0 aromatic carbocycles. The van der Waals surface area contributed by atoms with Gasteiger partial charge in [-0.05, 0) is 6.42 Å². The van der Waals surface area contributed by atoms with Crippen molar-refractivity contribution in [3.05, 3.63) is 28.2 Å². The van der Waals surface area contributed by atoms with E-state index in [0.29, 0.717) is 6.54 Å². The number of aryl methyl sites for hydroxylation is 2. The first-order valence-corrected chi connectivity index (χ1v) is 6.08. The van der Waals surface area contributed by atoms with Gasteiger partial charge >= 0.3 is 0 Å². The number of rotatable bonds is 5. The molecular formula is C10H15N5S. The van der Waals surface area contributed by atoms with Gasteiger partial charge in [-0.2, -0.15) is 5.10 Å². The van der Waals surface area contributed by atoms with Crippen LogP contribution in [-0.2, 0) is 26.6 Å². The summed E-state index contributed by atoms with van der Waals surface area (Å²) in [7, 11) is 1.87. The molecule has 0 amide bonds. The molecule has 16 heavy (non-hydrogen) atoms. The van der Waals surface area contributed by atoms with E-state index in [2.05, 4.69) is 27.3 Å². The smallest absolute Gasteiger partial charge is 0.164 e. The van der Waals surface area contributed by atoms with E-state index in [1.54, 1.807) is 22.3 Å². The fourth-order valence-corrected chi connectivity index (χ4v) is 2.19. The lowest BCUT2D eigenvalue weighted by Gasteiger charge is -1.97. The largest absolute Gasteiger partial charge is 0.305 e. The summed E-state index contributed by atoms with van der Waals surface area (Å²) in [5.41, 5.74) is 0. The quantitative estimate of drug-likeness (QED) is 0.847. The summed E-state index contributed by atoms with van der Waals surface area (Å²) in [6.45, 7) is 3.64. The van der Waals surface area contributed by atoms with Crippen LogP contribution >= 0.6 is 11.3 Å². The van der Waals surface area contributed by atoms with Gasteiger partial charge in [0, 0.05) is 24.7 Å². The minimum Gasteiger partial charge on any atom is -0.305 e. The Morgan fingerprint density at radius 1 is 1.38 bits per heavy atom. The summed E-state index contributed by atoms with van der Waals surface area (Å²) in [6, 6.07) is 0. The zero-order valence-corrected chi connectivity index (χ0v) is 10.3. The first kappa shape index (κ1) is 11.2. The Hall–Kier alpha value is -1.27. The normalized spacial score (nSPS) is 10.9. The van der Waals surface area contributed by atoms with Crippen molar-refractivity contribution in [2.24, 2.45) is 7.05 Å². The predicted molar refractivity (Wildman–Crippen MR) is 63.0 cm³/mol. The Kier molecular flexibility index (Phi) is 3.63. The number of hydrogen-bond donors (Lipinski definition) is 1. The minimum atomic E-state index is 0.695. The minimum absolute atomic E-state index is 0.695. The molecule has 6 heteroatoms. The summed E-state index contributed by atoms with van der Waals surface area (Å²) >= 11 is 1.75. The van der Waals surface area contributed by atoms with Gasteiger partial charge in [-0.1, -0.05) is 6.92 Å². The standard InChI is InChI=1S/C10H15N5S/c1-3-10-12-5-8(16-10)4-11-6-9-13-7-15(2)14-9/h5,7,11H,3-4,6H2,1-2H3. The van der Waals surface area contributed by atoms with Crippen LogP contribution in [0.5, 0.6) is 0 Å². The second kappa shape index (κ2) is 5.18. The number of aromatic nitrogens is 4. The molecule has 0 fully saturated rings. The third-order valence-corrected chi connectivity index (χ3v) is 3.27. The van der Waals surface area contributed by atoms with E-state index in [-0.39, 0.29) is 0 Å². The SMILES string of the molecule is CCc1ncc(CNCc2ncn(C)n2)s1. The third-order valence-electron chi connectivity index (χ3n) is 2.13. The molecule has 2 aromatic heterocycles. The topological polar surface area (TPSA) is 55.6 Å². The molecule has 0 unspecified atom stereocenters.